The molecule has 2 aromatic carbocycles. The van der Waals surface area contributed by atoms with Crippen LogP contribution in [-0.2, 0) is 22.6 Å². The molecule has 1 unspecified atom stereocenters. The zero-order valence-corrected chi connectivity index (χ0v) is 18.0. The molecule has 0 radical (unpaired) electrons. The van der Waals surface area contributed by atoms with Crippen molar-refractivity contribution < 1.29 is 14.0 Å². The molecule has 0 spiro atoms. The molecule has 0 aliphatic rings. The van der Waals surface area contributed by atoms with E-state index in [4.69, 9.17) is 0 Å². The van der Waals surface area contributed by atoms with Crippen LogP contribution in [-0.4, -0.2) is 29.3 Å². The number of halogens is 1. The van der Waals surface area contributed by atoms with Gasteiger partial charge in [0.15, 0.2) is 0 Å². The number of carbonyl (C=O) groups is 2. The molecule has 0 aliphatic heterocycles. The highest BCUT2D eigenvalue weighted by Gasteiger charge is 2.26. The fourth-order valence-electron chi connectivity index (χ4n) is 3.08. The molecule has 0 saturated carbocycles. The summed E-state index contributed by atoms with van der Waals surface area (Å²) >= 11 is 0. The molecule has 29 heavy (non-hydrogen) atoms. The van der Waals surface area contributed by atoms with Gasteiger partial charge in [-0.05, 0) is 55.5 Å². The number of nitrogens with one attached hydrogen (secondary N) is 1. The number of carbonyl (C=O) groups excluding carboxylic acids is 2. The smallest absolute Gasteiger partial charge is 0.242 e. The summed E-state index contributed by atoms with van der Waals surface area (Å²) in [6, 6.07) is 11.4. The minimum Gasteiger partial charge on any atom is -0.354 e. The Bertz CT molecular complexity index is 846. The molecule has 0 fully saturated rings. The van der Waals surface area contributed by atoms with Gasteiger partial charge >= 0.3 is 0 Å². The van der Waals surface area contributed by atoms with Crippen molar-refractivity contribution in [1.82, 2.24) is 10.2 Å². The molecule has 156 valence electrons. The van der Waals surface area contributed by atoms with Crippen molar-refractivity contribution in [2.75, 3.05) is 6.54 Å². The molecule has 0 aromatic heterocycles. The first-order valence-corrected chi connectivity index (χ1v) is 10.0. The van der Waals surface area contributed by atoms with Crippen molar-refractivity contribution in [1.29, 1.82) is 0 Å². The minimum atomic E-state index is -0.628. The lowest BCUT2D eigenvalue weighted by Gasteiger charge is -2.29. The van der Waals surface area contributed by atoms with E-state index in [2.05, 4.69) is 5.32 Å². The van der Waals surface area contributed by atoms with Gasteiger partial charge in [-0.1, -0.05) is 49.7 Å². The summed E-state index contributed by atoms with van der Waals surface area (Å²) in [5, 5.41) is 2.90. The lowest BCUT2D eigenvalue weighted by atomic mass is 10.0. The van der Waals surface area contributed by atoms with Crippen molar-refractivity contribution in [2.24, 2.45) is 5.92 Å². The summed E-state index contributed by atoms with van der Waals surface area (Å²) in [7, 11) is 0. The average Bonchev–Trinajstić information content (AvgIpc) is 2.67. The zero-order valence-electron chi connectivity index (χ0n) is 18.0. The Morgan fingerprint density at radius 2 is 1.69 bits per heavy atom. The third-order valence-electron chi connectivity index (χ3n) is 4.96. The third kappa shape index (κ3) is 6.70. The van der Waals surface area contributed by atoms with E-state index < -0.39 is 6.04 Å². The van der Waals surface area contributed by atoms with E-state index in [0.717, 1.165) is 22.3 Å². The molecular formula is C24H31FN2O2. The van der Waals surface area contributed by atoms with Gasteiger partial charge in [-0.2, -0.15) is 0 Å². The van der Waals surface area contributed by atoms with Crippen LogP contribution in [0, 0.1) is 25.6 Å². The number of amides is 2. The predicted molar refractivity (Wildman–Crippen MR) is 114 cm³/mol. The maximum Gasteiger partial charge on any atom is 0.242 e. The number of nitrogens with zero attached hydrogens (tertiary/aromatic N) is 1. The van der Waals surface area contributed by atoms with Gasteiger partial charge in [0.05, 0.1) is 6.42 Å². The Kier molecular flexibility index (Phi) is 7.94. The van der Waals surface area contributed by atoms with E-state index >= 15 is 0 Å². The monoisotopic (exact) mass is 398 g/mol. The van der Waals surface area contributed by atoms with Gasteiger partial charge in [0, 0.05) is 13.1 Å². The molecule has 2 amide bonds. The van der Waals surface area contributed by atoms with Crippen LogP contribution < -0.4 is 5.32 Å². The van der Waals surface area contributed by atoms with Crippen LogP contribution in [0.25, 0.3) is 0 Å². The fourth-order valence-corrected chi connectivity index (χ4v) is 3.08. The van der Waals surface area contributed by atoms with Gasteiger partial charge in [0.2, 0.25) is 11.8 Å². The van der Waals surface area contributed by atoms with E-state index in [1.807, 2.05) is 45.9 Å². The lowest BCUT2D eigenvalue weighted by Crippen LogP contribution is -2.48. The molecule has 0 bridgehead atoms. The number of hydrogen-bond donors (Lipinski definition) is 1. The quantitative estimate of drug-likeness (QED) is 0.725. The van der Waals surface area contributed by atoms with E-state index in [-0.39, 0.29) is 30.6 Å². The minimum absolute atomic E-state index is 0.129. The van der Waals surface area contributed by atoms with Crippen LogP contribution in [0.1, 0.15) is 43.0 Å². The Morgan fingerprint density at radius 3 is 2.31 bits per heavy atom. The Labute approximate surface area is 173 Å². The van der Waals surface area contributed by atoms with Crippen molar-refractivity contribution in [3.63, 3.8) is 0 Å². The summed E-state index contributed by atoms with van der Waals surface area (Å²) in [4.78, 5) is 27.4. The molecule has 0 aliphatic carbocycles. The molecule has 0 saturated heterocycles. The van der Waals surface area contributed by atoms with Gasteiger partial charge in [0.1, 0.15) is 11.9 Å². The van der Waals surface area contributed by atoms with Crippen LogP contribution in [0.5, 0.6) is 0 Å². The zero-order chi connectivity index (χ0) is 21.6. The summed E-state index contributed by atoms with van der Waals surface area (Å²) in [5.41, 5.74) is 3.87. The highest BCUT2D eigenvalue weighted by Crippen LogP contribution is 2.16. The van der Waals surface area contributed by atoms with Crippen LogP contribution in [0.3, 0.4) is 0 Å². The van der Waals surface area contributed by atoms with E-state index in [0.29, 0.717) is 12.5 Å². The normalized spacial score (nSPS) is 12.0. The average molecular weight is 399 g/mol. The van der Waals surface area contributed by atoms with Gasteiger partial charge in [-0.15, -0.1) is 0 Å². The second-order valence-corrected chi connectivity index (χ2v) is 8.07. The molecular weight excluding hydrogens is 367 g/mol. The number of aryl methyl sites for hydroxylation is 2. The van der Waals surface area contributed by atoms with Crippen LogP contribution in [0.15, 0.2) is 42.5 Å². The van der Waals surface area contributed by atoms with Gasteiger partial charge in [-0.25, -0.2) is 4.39 Å². The molecule has 2 rings (SSSR count). The van der Waals surface area contributed by atoms with E-state index in [9.17, 15) is 14.0 Å². The lowest BCUT2D eigenvalue weighted by molar-refractivity contribution is -0.140. The highest BCUT2D eigenvalue weighted by atomic mass is 19.1. The number of benzene rings is 2. The predicted octanol–water partition coefficient (Wildman–Crippen LogP) is 4.17. The Morgan fingerprint density at radius 1 is 1.03 bits per heavy atom. The van der Waals surface area contributed by atoms with Crippen LogP contribution in [0.2, 0.25) is 0 Å². The van der Waals surface area contributed by atoms with Crippen molar-refractivity contribution in [3.05, 3.63) is 70.5 Å². The summed E-state index contributed by atoms with van der Waals surface area (Å²) in [6.07, 6.45) is 0.219. The van der Waals surface area contributed by atoms with Gasteiger partial charge < -0.3 is 10.2 Å². The van der Waals surface area contributed by atoms with Crippen molar-refractivity contribution in [2.45, 2.75) is 53.6 Å². The molecule has 0 heterocycles. The second-order valence-electron chi connectivity index (χ2n) is 8.07. The first kappa shape index (κ1) is 22.6. The molecule has 1 atom stereocenters. The second kappa shape index (κ2) is 10.2. The third-order valence-corrected chi connectivity index (χ3v) is 4.96. The molecule has 2 aromatic rings. The number of hydrogen-bond acceptors (Lipinski definition) is 2. The first-order chi connectivity index (χ1) is 13.7. The molecule has 1 N–H and O–H groups in total. The number of rotatable bonds is 8. The standard InChI is InChI=1S/C24H31FN2O2/c1-16(2)14-26-24(29)19(5)27(15-20-8-10-22(25)11-9-20)23(28)13-21-12-17(3)6-7-18(21)4/h6-12,16,19H,13-15H2,1-5H3,(H,26,29). The van der Waals surface area contributed by atoms with Crippen molar-refractivity contribution >= 4 is 11.8 Å². The summed E-state index contributed by atoms with van der Waals surface area (Å²) in [5.74, 6) is -0.322. The topological polar surface area (TPSA) is 49.4 Å². The van der Waals surface area contributed by atoms with Crippen LogP contribution >= 0.6 is 0 Å². The Hall–Kier alpha value is -2.69. The molecule has 5 heteroatoms. The van der Waals surface area contributed by atoms with Gasteiger partial charge in [-0.3, -0.25) is 9.59 Å². The maximum atomic E-state index is 13.3. The summed E-state index contributed by atoms with van der Waals surface area (Å²) < 4.78 is 13.3. The first-order valence-electron chi connectivity index (χ1n) is 10.0. The van der Waals surface area contributed by atoms with Gasteiger partial charge in [0.25, 0.3) is 0 Å². The summed E-state index contributed by atoms with van der Waals surface area (Å²) in [6.45, 7) is 10.6. The van der Waals surface area contributed by atoms with E-state index in [1.165, 1.54) is 12.1 Å². The molecule has 4 nitrogen and oxygen atoms in total. The van der Waals surface area contributed by atoms with Crippen LogP contribution in [0.4, 0.5) is 4.39 Å². The SMILES string of the molecule is Cc1ccc(C)c(CC(=O)N(Cc2ccc(F)cc2)C(C)C(=O)NCC(C)C)c1. The largest absolute Gasteiger partial charge is 0.354 e. The van der Waals surface area contributed by atoms with E-state index in [1.54, 1.807) is 24.0 Å². The maximum absolute atomic E-state index is 13.3. The Balaban J connectivity index is 2.24. The highest BCUT2D eigenvalue weighted by molar-refractivity contribution is 5.88. The van der Waals surface area contributed by atoms with Crippen molar-refractivity contribution in [3.8, 4) is 0 Å². The fraction of sp³-hybridized carbons (Fsp3) is 0.417.